The summed E-state index contributed by atoms with van der Waals surface area (Å²) in [6.07, 6.45) is 3.42. The average molecular weight is 266 g/mol. The summed E-state index contributed by atoms with van der Waals surface area (Å²) in [7, 11) is 1.57. The number of carbonyl (C=O) groups is 1. The van der Waals surface area contributed by atoms with Crippen LogP contribution in [0.3, 0.4) is 0 Å². The molecule has 0 aliphatic heterocycles. The molecule has 7 heteroatoms. The number of oxime groups is 1. The topological polar surface area (TPSA) is 101 Å². The van der Waals surface area contributed by atoms with E-state index >= 15 is 0 Å². The molecule has 0 saturated carbocycles. The zero-order valence-electron chi connectivity index (χ0n) is 10.8. The Morgan fingerprint density at radius 2 is 2.16 bits per heavy atom. The molecule has 1 aromatic heterocycles. The fourth-order valence-electron chi connectivity index (χ4n) is 1.49. The lowest BCUT2D eigenvalue weighted by atomic mass is 10.2. The quantitative estimate of drug-likeness (QED) is 0.320. The van der Waals surface area contributed by atoms with Crippen molar-refractivity contribution in [2.24, 2.45) is 10.9 Å². The average Bonchev–Trinajstić information content (AvgIpc) is 2.47. The first-order valence-electron chi connectivity index (χ1n) is 5.83. The van der Waals surface area contributed by atoms with Crippen LogP contribution in [-0.4, -0.2) is 53.6 Å². The molecule has 0 aliphatic rings. The van der Waals surface area contributed by atoms with Gasteiger partial charge in [0.05, 0.1) is 6.61 Å². The van der Waals surface area contributed by atoms with Gasteiger partial charge in [-0.2, -0.15) is 0 Å². The third-order valence-electron chi connectivity index (χ3n) is 2.55. The molecule has 0 spiro atoms. The SMILES string of the molecule is COCCN(CCC(N)=NO)C(=O)c1ccncc1. The largest absolute Gasteiger partial charge is 0.409 e. The van der Waals surface area contributed by atoms with Gasteiger partial charge in [-0.1, -0.05) is 5.16 Å². The van der Waals surface area contributed by atoms with E-state index in [2.05, 4.69) is 10.1 Å². The van der Waals surface area contributed by atoms with Crippen LogP contribution >= 0.6 is 0 Å². The van der Waals surface area contributed by atoms with E-state index in [9.17, 15) is 4.79 Å². The minimum atomic E-state index is -0.134. The van der Waals surface area contributed by atoms with E-state index in [1.54, 1.807) is 36.5 Å². The van der Waals surface area contributed by atoms with Crippen molar-refractivity contribution in [1.82, 2.24) is 9.88 Å². The number of amides is 1. The number of pyridine rings is 1. The molecule has 0 saturated heterocycles. The minimum absolute atomic E-state index is 0.0879. The number of aromatic nitrogens is 1. The van der Waals surface area contributed by atoms with E-state index in [1.165, 1.54) is 0 Å². The molecule has 7 nitrogen and oxygen atoms in total. The van der Waals surface area contributed by atoms with E-state index in [1.807, 2.05) is 0 Å². The van der Waals surface area contributed by atoms with Crippen LogP contribution in [0.5, 0.6) is 0 Å². The summed E-state index contributed by atoms with van der Waals surface area (Å²) < 4.78 is 4.97. The molecule has 0 aromatic carbocycles. The predicted molar refractivity (Wildman–Crippen MR) is 70.0 cm³/mol. The molecule has 3 N–H and O–H groups in total. The van der Waals surface area contributed by atoms with E-state index in [0.717, 1.165) is 0 Å². The summed E-state index contributed by atoms with van der Waals surface area (Å²) in [5, 5.41) is 11.4. The van der Waals surface area contributed by atoms with Gasteiger partial charge in [0.2, 0.25) is 0 Å². The Morgan fingerprint density at radius 1 is 1.47 bits per heavy atom. The van der Waals surface area contributed by atoms with Crippen molar-refractivity contribution in [3.63, 3.8) is 0 Å². The number of methoxy groups -OCH3 is 1. The van der Waals surface area contributed by atoms with Crippen LogP contribution in [0.1, 0.15) is 16.8 Å². The Balaban J connectivity index is 2.70. The Kier molecular flexibility index (Phi) is 6.31. The molecule has 104 valence electrons. The van der Waals surface area contributed by atoms with Crippen LogP contribution in [-0.2, 0) is 4.74 Å². The van der Waals surface area contributed by atoms with Crippen LogP contribution in [0.15, 0.2) is 29.7 Å². The highest BCUT2D eigenvalue weighted by atomic mass is 16.5. The highest BCUT2D eigenvalue weighted by molar-refractivity contribution is 5.94. The van der Waals surface area contributed by atoms with E-state index < -0.39 is 0 Å². The zero-order chi connectivity index (χ0) is 14.1. The molecule has 0 unspecified atom stereocenters. The maximum absolute atomic E-state index is 12.3. The van der Waals surface area contributed by atoms with E-state index in [4.69, 9.17) is 15.7 Å². The second kappa shape index (κ2) is 8.04. The fraction of sp³-hybridized carbons (Fsp3) is 0.417. The predicted octanol–water partition coefficient (Wildman–Crippen LogP) is 0.307. The van der Waals surface area contributed by atoms with Crippen molar-refractivity contribution < 1.29 is 14.7 Å². The van der Waals surface area contributed by atoms with Crippen LogP contribution < -0.4 is 5.73 Å². The molecular formula is C12H18N4O3. The monoisotopic (exact) mass is 266 g/mol. The number of amidine groups is 1. The van der Waals surface area contributed by atoms with Gasteiger partial charge in [-0.15, -0.1) is 0 Å². The number of hydrogen-bond donors (Lipinski definition) is 2. The molecule has 1 heterocycles. The maximum Gasteiger partial charge on any atom is 0.254 e. The van der Waals surface area contributed by atoms with Crippen molar-refractivity contribution >= 4 is 11.7 Å². The third kappa shape index (κ3) is 4.92. The fourth-order valence-corrected chi connectivity index (χ4v) is 1.49. The normalized spacial score (nSPS) is 11.3. The number of nitrogens with zero attached hydrogens (tertiary/aromatic N) is 3. The van der Waals surface area contributed by atoms with E-state index in [-0.39, 0.29) is 11.7 Å². The van der Waals surface area contributed by atoms with Gasteiger partial charge in [0.1, 0.15) is 5.84 Å². The second-order valence-corrected chi connectivity index (χ2v) is 3.86. The standard InChI is InChI=1S/C12H18N4O3/c1-19-9-8-16(7-4-11(13)15-18)12(17)10-2-5-14-6-3-10/h2-3,5-6,18H,4,7-9H2,1H3,(H2,13,15). The number of ether oxygens (including phenoxy) is 1. The van der Waals surface area contributed by atoms with E-state index in [0.29, 0.717) is 31.7 Å². The highest BCUT2D eigenvalue weighted by Gasteiger charge is 2.15. The lowest BCUT2D eigenvalue weighted by Gasteiger charge is -2.22. The highest BCUT2D eigenvalue weighted by Crippen LogP contribution is 2.04. The zero-order valence-corrected chi connectivity index (χ0v) is 10.8. The van der Waals surface area contributed by atoms with Crippen molar-refractivity contribution in [2.45, 2.75) is 6.42 Å². The Bertz CT molecular complexity index is 422. The third-order valence-corrected chi connectivity index (χ3v) is 2.55. The van der Waals surface area contributed by atoms with Gasteiger partial charge in [0.25, 0.3) is 5.91 Å². The molecular weight excluding hydrogens is 248 g/mol. The lowest BCUT2D eigenvalue weighted by Crippen LogP contribution is -2.36. The number of rotatable bonds is 7. The Hall–Kier alpha value is -2.15. The van der Waals surface area contributed by atoms with Gasteiger partial charge >= 0.3 is 0 Å². The summed E-state index contributed by atoms with van der Waals surface area (Å²) in [5.74, 6) is -0.0462. The van der Waals surface area contributed by atoms with Gasteiger partial charge in [0.15, 0.2) is 0 Å². The van der Waals surface area contributed by atoms with Crippen LogP contribution in [0.25, 0.3) is 0 Å². The molecule has 1 rings (SSSR count). The molecule has 1 aromatic rings. The first-order chi connectivity index (χ1) is 9.19. The second-order valence-electron chi connectivity index (χ2n) is 3.86. The summed E-state index contributed by atoms with van der Waals surface area (Å²) >= 11 is 0. The van der Waals surface area contributed by atoms with Crippen LogP contribution in [0.2, 0.25) is 0 Å². The molecule has 1 amide bonds. The van der Waals surface area contributed by atoms with Crippen molar-refractivity contribution in [3.8, 4) is 0 Å². The van der Waals surface area contributed by atoms with Crippen molar-refractivity contribution in [2.75, 3.05) is 26.8 Å². The summed E-state index contributed by atoms with van der Waals surface area (Å²) in [4.78, 5) is 17.7. The van der Waals surface area contributed by atoms with Crippen molar-refractivity contribution in [3.05, 3.63) is 30.1 Å². The lowest BCUT2D eigenvalue weighted by molar-refractivity contribution is 0.0700. The van der Waals surface area contributed by atoms with Crippen LogP contribution in [0.4, 0.5) is 0 Å². The first-order valence-corrected chi connectivity index (χ1v) is 5.83. The summed E-state index contributed by atoms with van der Waals surface area (Å²) in [5.41, 5.74) is 5.96. The van der Waals surface area contributed by atoms with Gasteiger partial charge in [-0.25, -0.2) is 0 Å². The van der Waals surface area contributed by atoms with Gasteiger partial charge in [-0.05, 0) is 12.1 Å². The molecule has 19 heavy (non-hydrogen) atoms. The number of carbonyl (C=O) groups excluding carboxylic acids is 1. The van der Waals surface area contributed by atoms with Crippen LogP contribution in [0, 0.1) is 0 Å². The van der Waals surface area contributed by atoms with Gasteiger partial charge in [-0.3, -0.25) is 9.78 Å². The summed E-state index contributed by atoms with van der Waals surface area (Å²) in [6, 6.07) is 3.29. The summed E-state index contributed by atoms with van der Waals surface area (Å²) in [6.45, 7) is 1.23. The first kappa shape index (κ1) is 14.9. The van der Waals surface area contributed by atoms with Gasteiger partial charge < -0.3 is 20.6 Å². The van der Waals surface area contributed by atoms with Gasteiger partial charge in [0, 0.05) is 44.6 Å². The van der Waals surface area contributed by atoms with Crippen molar-refractivity contribution in [1.29, 1.82) is 0 Å². The Morgan fingerprint density at radius 3 is 2.74 bits per heavy atom. The Labute approximate surface area is 111 Å². The molecule has 0 bridgehead atoms. The molecule has 0 aliphatic carbocycles. The smallest absolute Gasteiger partial charge is 0.254 e. The molecule has 0 fully saturated rings. The number of nitrogens with two attached hydrogens (primary N) is 1. The minimum Gasteiger partial charge on any atom is -0.409 e. The number of hydrogen-bond acceptors (Lipinski definition) is 5. The molecule has 0 radical (unpaired) electrons. The maximum atomic E-state index is 12.3. The molecule has 0 atom stereocenters.